The predicted molar refractivity (Wildman–Crippen MR) is 86.9 cm³/mol. The van der Waals surface area contributed by atoms with Gasteiger partial charge in [0, 0.05) is 24.5 Å². The smallest absolute Gasteiger partial charge is 0.107 e. The Bertz CT molecular complexity index is 469. The molecule has 2 N–H and O–H groups in total. The first-order valence-corrected chi connectivity index (χ1v) is 7.15. The molecule has 0 bridgehead atoms. The molecule has 0 saturated heterocycles. The topological polar surface area (TPSA) is 42.1 Å². The van der Waals surface area contributed by atoms with Crippen molar-refractivity contribution >= 4 is 22.9 Å². The van der Waals surface area contributed by atoms with E-state index in [1.807, 2.05) is 13.8 Å². The van der Waals surface area contributed by atoms with Crippen LogP contribution in [0.25, 0.3) is 0 Å². The molecule has 19 heavy (non-hydrogen) atoms. The number of rotatable bonds is 5. The van der Waals surface area contributed by atoms with Crippen LogP contribution in [0.1, 0.15) is 44.1 Å². The molecule has 0 aliphatic rings. The number of aryl methyl sites for hydroxylation is 2. The Kier molecular flexibility index (Phi) is 5.29. The first-order valence-electron chi connectivity index (χ1n) is 6.74. The first-order chi connectivity index (χ1) is 8.73. The van der Waals surface area contributed by atoms with Crippen molar-refractivity contribution in [3.8, 4) is 0 Å². The van der Waals surface area contributed by atoms with Crippen LogP contribution in [-0.4, -0.2) is 23.1 Å². The van der Waals surface area contributed by atoms with Gasteiger partial charge in [-0.3, -0.25) is 4.98 Å². The molecule has 0 radical (unpaired) electrons. The van der Waals surface area contributed by atoms with Gasteiger partial charge in [0.2, 0.25) is 0 Å². The third kappa shape index (κ3) is 3.90. The van der Waals surface area contributed by atoms with Crippen LogP contribution in [0.3, 0.4) is 0 Å². The van der Waals surface area contributed by atoms with Crippen molar-refractivity contribution in [2.75, 3.05) is 11.9 Å². The zero-order chi connectivity index (χ0) is 14.7. The number of pyridine rings is 1. The monoisotopic (exact) mass is 279 g/mol. The molecule has 1 atom stereocenters. The fourth-order valence-electron chi connectivity index (χ4n) is 2.47. The Hall–Kier alpha value is -1.16. The zero-order valence-corrected chi connectivity index (χ0v) is 13.6. The summed E-state index contributed by atoms with van der Waals surface area (Å²) in [6, 6.07) is 2.51. The average molecular weight is 279 g/mol. The van der Waals surface area contributed by atoms with Gasteiger partial charge < -0.3 is 10.6 Å². The maximum Gasteiger partial charge on any atom is 0.107 e. The molecular weight excluding hydrogens is 254 g/mol. The highest BCUT2D eigenvalue weighted by Gasteiger charge is 2.18. The number of hydrogen-bond donors (Lipinski definition) is 1. The number of anilines is 1. The van der Waals surface area contributed by atoms with Crippen LogP contribution >= 0.6 is 12.2 Å². The summed E-state index contributed by atoms with van der Waals surface area (Å²) < 4.78 is 0. The van der Waals surface area contributed by atoms with Crippen molar-refractivity contribution < 1.29 is 0 Å². The Labute approximate surface area is 122 Å². The van der Waals surface area contributed by atoms with Crippen molar-refractivity contribution in [1.29, 1.82) is 0 Å². The minimum Gasteiger partial charge on any atom is -0.389 e. The Morgan fingerprint density at radius 2 is 1.95 bits per heavy atom. The molecule has 3 nitrogen and oxygen atoms in total. The summed E-state index contributed by atoms with van der Waals surface area (Å²) in [5.74, 6) is 0.662. The number of nitrogens with zero attached hydrogens (tertiary/aromatic N) is 2. The van der Waals surface area contributed by atoms with Gasteiger partial charge in [0.25, 0.3) is 0 Å². The lowest BCUT2D eigenvalue weighted by Gasteiger charge is -2.30. The summed E-state index contributed by atoms with van der Waals surface area (Å²) in [5, 5.41) is 0. The second-order valence-electron chi connectivity index (χ2n) is 5.70. The molecule has 1 rings (SSSR count). The molecule has 0 spiro atoms. The fourth-order valence-corrected chi connectivity index (χ4v) is 2.72. The summed E-state index contributed by atoms with van der Waals surface area (Å²) in [6.45, 7) is 10.7. The van der Waals surface area contributed by atoms with Crippen molar-refractivity contribution in [3.05, 3.63) is 23.0 Å². The number of nitrogens with two attached hydrogens (primary N) is 1. The van der Waals surface area contributed by atoms with Crippen LogP contribution in [0.5, 0.6) is 0 Å². The van der Waals surface area contributed by atoms with Crippen molar-refractivity contribution in [3.63, 3.8) is 0 Å². The van der Waals surface area contributed by atoms with E-state index in [1.165, 1.54) is 0 Å². The second-order valence-corrected chi connectivity index (χ2v) is 6.14. The molecule has 0 saturated carbocycles. The molecule has 4 heteroatoms. The minimum atomic E-state index is 0.420. The quantitative estimate of drug-likeness (QED) is 0.841. The summed E-state index contributed by atoms with van der Waals surface area (Å²) in [4.78, 5) is 7.14. The number of hydrogen-bond acceptors (Lipinski definition) is 3. The highest BCUT2D eigenvalue weighted by Crippen LogP contribution is 2.26. The summed E-state index contributed by atoms with van der Waals surface area (Å²) in [5.41, 5.74) is 9.76. The largest absolute Gasteiger partial charge is 0.389 e. The predicted octanol–water partition coefficient (Wildman–Crippen LogP) is 3.20. The van der Waals surface area contributed by atoms with Gasteiger partial charge in [0.05, 0.1) is 11.3 Å². The van der Waals surface area contributed by atoms with E-state index in [0.717, 1.165) is 29.1 Å². The maximum absolute atomic E-state index is 5.87. The lowest BCUT2D eigenvalue weighted by atomic mass is 10.0. The molecule has 1 aromatic heterocycles. The highest BCUT2D eigenvalue weighted by atomic mass is 32.1. The summed E-state index contributed by atoms with van der Waals surface area (Å²) in [7, 11) is 2.10. The van der Waals surface area contributed by atoms with E-state index in [1.54, 1.807) is 0 Å². The minimum absolute atomic E-state index is 0.420. The van der Waals surface area contributed by atoms with Crippen LogP contribution in [0.4, 0.5) is 5.69 Å². The van der Waals surface area contributed by atoms with E-state index < -0.39 is 0 Å². The summed E-state index contributed by atoms with van der Waals surface area (Å²) in [6.07, 6.45) is 1.13. The van der Waals surface area contributed by atoms with Gasteiger partial charge in [-0.05, 0) is 39.2 Å². The Morgan fingerprint density at radius 1 is 1.37 bits per heavy atom. The standard InChI is InChI=1S/C15H25N3S/c1-9(2)7-11(4)18(6)13-8-10(3)17-12(5)14(13)15(16)19/h8-9,11H,7H2,1-6H3,(H2,16,19). The van der Waals surface area contributed by atoms with Crippen molar-refractivity contribution in [2.45, 2.75) is 47.1 Å². The third-order valence-electron chi connectivity index (χ3n) is 3.41. The van der Waals surface area contributed by atoms with E-state index in [-0.39, 0.29) is 0 Å². The number of aromatic nitrogens is 1. The van der Waals surface area contributed by atoms with Crippen LogP contribution in [-0.2, 0) is 0 Å². The average Bonchev–Trinajstić information content (AvgIpc) is 2.25. The lowest BCUT2D eigenvalue weighted by Crippen LogP contribution is -2.32. The van der Waals surface area contributed by atoms with Gasteiger partial charge in [-0.2, -0.15) is 0 Å². The van der Waals surface area contributed by atoms with Crippen LogP contribution < -0.4 is 10.6 Å². The van der Waals surface area contributed by atoms with Gasteiger partial charge in [0.1, 0.15) is 4.99 Å². The Morgan fingerprint density at radius 3 is 2.42 bits per heavy atom. The lowest BCUT2D eigenvalue weighted by molar-refractivity contribution is 0.504. The molecule has 0 aliphatic heterocycles. The van der Waals surface area contributed by atoms with Crippen molar-refractivity contribution in [1.82, 2.24) is 4.98 Å². The Balaban J connectivity index is 3.21. The van der Waals surface area contributed by atoms with Crippen LogP contribution in [0.2, 0.25) is 0 Å². The molecule has 1 aromatic rings. The third-order valence-corrected chi connectivity index (χ3v) is 3.61. The van der Waals surface area contributed by atoms with Gasteiger partial charge in [-0.1, -0.05) is 26.1 Å². The SMILES string of the molecule is Cc1cc(N(C)C(C)CC(C)C)c(C(N)=S)c(C)n1. The van der Waals surface area contributed by atoms with E-state index in [4.69, 9.17) is 18.0 Å². The van der Waals surface area contributed by atoms with Gasteiger partial charge in [-0.25, -0.2) is 0 Å². The molecule has 0 fully saturated rings. The normalized spacial score (nSPS) is 12.6. The van der Waals surface area contributed by atoms with Crippen molar-refractivity contribution in [2.24, 2.45) is 11.7 Å². The highest BCUT2D eigenvalue weighted by molar-refractivity contribution is 7.80. The van der Waals surface area contributed by atoms with E-state index in [0.29, 0.717) is 16.9 Å². The van der Waals surface area contributed by atoms with E-state index >= 15 is 0 Å². The van der Waals surface area contributed by atoms with E-state index in [2.05, 4.69) is 43.8 Å². The van der Waals surface area contributed by atoms with Gasteiger partial charge >= 0.3 is 0 Å². The first kappa shape index (κ1) is 15.9. The number of thiocarbonyl (C=S) groups is 1. The fraction of sp³-hybridized carbons (Fsp3) is 0.600. The molecule has 1 unspecified atom stereocenters. The summed E-state index contributed by atoms with van der Waals surface area (Å²) >= 11 is 5.19. The van der Waals surface area contributed by atoms with Crippen LogP contribution in [0.15, 0.2) is 6.07 Å². The molecule has 0 aromatic carbocycles. The molecule has 0 aliphatic carbocycles. The van der Waals surface area contributed by atoms with Gasteiger partial charge in [-0.15, -0.1) is 0 Å². The zero-order valence-electron chi connectivity index (χ0n) is 12.8. The van der Waals surface area contributed by atoms with E-state index in [9.17, 15) is 0 Å². The second kappa shape index (κ2) is 6.33. The maximum atomic E-state index is 5.87. The molecule has 106 valence electrons. The van der Waals surface area contributed by atoms with Crippen LogP contribution in [0, 0.1) is 19.8 Å². The molecule has 0 amide bonds. The molecule has 1 heterocycles. The molecular formula is C15H25N3S. The van der Waals surface area contributed by atoms with Gasteiger partial charge in [0.15, 0.2) is 0 Å².